The zero-order valence-electron chi connectivity index (χ0n) is 17.0. The molecule has 0 bridgehead atoms. The molecule has 2 aromatic rings. The minimum absolute atomic E-state index is 0.00996. The number of aryl methyl sites for hydroxylation is 1. The average molecular weight is 428 g/mol. The third-order valence-corrected chi connectivity index (χ3v) is 6.44. The van der Waals surface area contributed by atoms with Crippen molar-refractivity contribution >= 4 is 33.2 Å². The van der Waals surface area contributed by atoms with Crippen LogP contribution in [0.5, 0.6) is 0 Å². The van der Waals surface area contributed by atoms with E-state index in [1.54, 1.807) is 49.4 Å². The summed E-state index contributed by atoms with van der Waals surface area (Å²) in [4.78, 5) is 23.9. The first-order valence-electron chi connectivity index (χ1n) is 9.59. The van der Waals surface area contributed by atoms with Crippen LogP contribution >= 0.6 is 0 Å². The largest absolute Gasteiger partial charge is 0.352 e. The molecule has 0 unspecified atom stereocenters. The van der Waals surface area contributed by atoms with Gasteiger partial charge in [-0.05, 0) is 55.2 Å². The van der Waals surface area contributed by atoms with Crippen LogP contribution in [-0.2, 0) is 25.0 Å². The highest BCUT2D eigenvalue weighted by atomic mass is 32.2. The molecule has 8 heteroatoms. The van der Waals surface area contributed by atoms with Crippen molar-refractivity contribution < 1.29 is 18.0 Å². The van der Waals surface area contributed by atoms with Crippen molar-refractivity contribution in [1.29, 1.82) is 0 Å². The molecule has 0 spiro atoms. The van der Waals surface area contributed by atoms with Crippen molar-refractivity contribution in [2.24, 2.45) is 0 Å². The normalized spacial score (nSPS) is 14.5. The smallest absolute Gasteiger partial charge is 0.263 e. The van der Waals surface area contributed by atoms with Crippen molar-refractivity contribution in [3.05, 3.63) is 66.2 Å². The van der Waals surface area contributed by atoms with E-state index in [4.69, 9.17) is 0 Å². The van der Waals surface area contributed by atoms with E-state index in [1.807, 2.05) is 0 Å². The molecule has 0 aliphatic heterocycles. The number of anilines is 2. The molecule has 7 nitrogen and oxygen atoms in total. The van der Waals surface area contributed by atoms with Gasteiger partial charge in [0.1, 0.15) is 4.90 Å². The van der Waals surface area contributed by atoms with Gasteiger partial charge in [0.15, 0.2) is 0 Å². The zero-order valence-corrected chi connectivity index (χ0v) is 17.8. The molecule has 0 radical (unpaired) electrons. The third kappa shape index (κ3) is 4.54. The predicted octanol–water partition coefficient (Wildman–Crippen LogP) is 3.09. The SMILES string of the molecule is C=CCNC(=O)C1(c2ccc(NS(=O)(=O)c3cc(C)ccc3NC(C)=O)cc2)CC1. The topological polar surface area (TPSA) is 104 Å². The minimum atomic E-state index is -3.93. The number of hydrogen-bond donors (Lipinski definition) is 3. The quantitative estimate of drug-likeness (QED) is 0.563. The summed E-state index contributed by atoms with van der Waals surface area (Å²) in [6.07, 6.45) is 3.14. The molecule has 3 rings (SSSR count). The first-order chi connectivity index (χ1) is 14.2. The number of sulfonamides is 1. The highest BCUT2D eigenvalue weighted by Gasteiger charge is 2.50. The Morgan fingerprint density at radius 2 is 1.80 bits per heavy atom. The minimum Gasteiger partial charge on any atom is -0.352 e. The van der Waals surface area contributed by atoms with E-state index in [-0.39, 0.29) is 22.4 Å². The van der Waals surface area contributed by atoms with Gasteiger partial charge in [-0.1, -0.05) is 24.3 Å². The Hall–Kier alpha value is -3.13. The van der Waals surface area contributed by atoms with E-state index >= 15 is 0 Å². The molecule has 0 aromatic heterocycles. The first-order valence-corrected chi connectivity index (χ1v) is 11.1. The number of hydrogen-bond acceptors (Lipinski definition) is 4. The molecule has 0 heterocycles. The summed E-state index contributed by atoms with van der Waals surface area (Å²) in [6, 6.07) is 11.6. The highest BCUT2D eigenvalue weighted by Crippen LogP contribution is 2.48. The summed E-state index contributed by atoms with van der Waals surface area (Å²) in [6.45, 7) is 7.11. The highest BCUT2D eigenvalue weighted by molar-refractivity contribution is 7.92. The number of carbonyl (C=O) groups is 2. The van der Waals surface area contributed by atoms with E-state index < -0.39 is 15.4 Å². The summed E-state index contributed by atoms with van der Waals surface area (Å²) < 4.78 is 28.4. The first kappa shape index (κ1) is 21.6. The van der Waals surface area contributed by atoms with Crippen molar-refractivity contribution in [2.45, 2.75) is 37.0 Å². The van der Waals surface area contributed by atoms with Crippen LogP contribution in [-0.4, -0.2) is 26.8 Å². The lowest BCUT2D eigenvalue weighted by Crippen LogP contribution is -2.34. The molecular weight excluding hydrogens is 402 g/mol. The average Bonchev–Trinajstić information content (AvgIpc) is 3.49. The number of nitrogens with one attached hydrogen (secondary N) is 3. The molecule has 30 heavy (non-hydrogen) atoms. The maximum atomic E-state index is 12.9. The summed E-state index contributed by atoms with van der Waals surface area (Å²) in [5, 5.41) is 5.38. The number of carbonyl (C=O) groups excluding carboxylic acids is 2. The van der Waals surface area contributed by atoms with E-state index in [9.17, 15) is 18.0 Å². The molecule has 1 fully saturated rings. The van der Waals surface area contributed by atoms with Crippen molar-refractivity contribution in [3.8, 4) is 0 Å². The zero-order chi connectivity index (χ0) is 21.9. The Morgan fingerprint density at radius 1 is 1.13 bits per heavy atom. The van der Waals surface area contributed by atoms with Gasteiger partial charge in [-0.25, -0.2) is 8.42 Å². The fourth-order valence-corrected chi connectivity index (χ4v) is 4.62. The Bertz CT molecular complexity index is 1090. The van der Waals surface area contributed by atoms with Crippen LogP contribution in [0, 0.1) is 6.92 Å². The summed E-state index contributed by atoms with van der Waals surface area (Å²) in [5.74, 6) is -0.403. The molecule has 1 aliphatic carbocycles. The van der Waals surface area contributed by atoms with Gasteiger partial charge in [-0.3, -0.25) is 14.3 Å². The van der Waals surface area contributed by atoms with Gasteiger partial charge in [-0.15, -0.1) is 6.58 Å². The number of amides is 2. The molecule has 0 atom stereocenters. The molecule has 1 saturated carbocycles. The van der Waals surface area contributed by atoms with Crippen LogP contribution in [0.2, 0.25) is 0 Å². The second-order valence-electron chi connectivity index (χ2n) is 7.44. The summed E-state index contributed by atoms with van der Waals surface area (Å²) in [7, 11) is -3.93. The maximum Gasteiger partial charge on any atom is 0.263 e. The number of rotatable bonds is 8. The Morgan fingerprint density at radius 3 is 2.37 bits per heavy atom. The van der Waals surface area contributed by atoms with Gasteiger partial charge in [0.2, 0.25) is 11.8 Å². The van der Waals surface area contributed by atoms with E-state index in [2.05, 4.69) is 21.9 Å². The Balaban J connectivity index is 1.82. The van der Waals surface area contributed by atoms with Crippen LogP contribution < -0.4 is 15.4 Å². The molecule has 0 saturated heterocycles. The molecule has 2 amide bonds. The Kier molecular flexibility index (Phi) is 5.98. The number of benzene rings is 2. The molecule has 2 aromatic carbocycles. The van der Waals surface area contributed by atoms with E-state index in [0.29, 0.717) is 12.2 Å². The van der Waals surface area contributed by atoms with E-state index in [1.165, 1.54) is 13.0 Å². The van der Waals surface area contributed by atoms with Crippen molar-refractivity contribution in [3.63, 3.8) is 0 Å². The maximum absolute atomic E-state index is 12.9. The third-order valence-electron chi connectivity index (χ3n) is 5.02. The van der Waals surface area contributed by atoms with Gasteiger partial charge in [0.05, 0.1) is 11.1 Å². The van der Waals surface area contributed by atoms with Crippen LogP contribution in [0.3, 0.4) is 0 Å². The van der Waals surface area contributed by atoms with Gasteiger partial charge in [0.25, 0.3) is 10.0 Å². The second kappa shape index (κ2) is 8.31. The van der Waals surface area contributed by atoms with Gasteiger partial charge in [-0.2, -0.15) is 0 Å². The predicted molar refractivity (Wildman–Crippen MR) is 117 cm³/mol. The standard InChI is InChI=1S/C22H25N3O4S/c1-4-13-23-21(27)22(11-12-22)17-6-8-18(9-7-17)25-30(28,29)20-14-15(2)5-10-19(20)24-16(3)26/h4-10,14,25H,1,11-13H2,2-3H3,(H,23,27)(H,24,26). The Labute approximate surface area is 176 Å². The molecular formula is C22H25N3O4S. The second-order valence-corrected chi connectivity index (χ2v) is 9.10. The van der Waals surface area contributed by atoms with Gasteiger partial charge < -0.3 is 10.6 Å². The summed E-state index contributed by atoms with van der Waals surface area (Å²) >= 11 is 0. The fraction of sp³-hybridized carbons (Fsp3) is 0.273. The van der Waals surface area contributed by atoms with Gasteiger partial charge in [0, 0.05) is 19.2 Å². The van der Waals surface area contributed by atoms with Crippen LogP contribution in [0.25, 0.3) is 0 Å². The van der Waals surface area contributed by atoms with E-state index in [0.717, 1.165) is 24.0 Å². The van der Waals surface area contributed by atoms with Gasteiger partial charge >= 0.3 is 0 Å². The van der Waals surface area contributed by atoms with Crippen LogP contribution in [0.1, 0.15) is 30.9 Å². The molecule has 3 N–H and O–H groups in total. The fourth-order valence-electron chi connectivity index (χ4n) is 3.32. The van der Waals surface area contributed by atoms with Crippen molar-refractivity contribution in [1.82, 2.24) is 5.32 Å². The lowest BCUT2D eigenvalue weighted by atomic mass is 9.95. The van der Waals surface area contributed by atoms with Crippen LogP contribution in [0.15, 0.2) is 60.0 Å². The molecule has 1 aliphatic rings. The lowest BCUT2D eigenvalue weighted by molar-refractivity contribution is -0.123. The summed E-state index contributed by atoms with van der Waals surface area (Å²) in [5.41, 5.74) is 1.64. The van der Waals surface area contributed by atoms with Crippen molar-refractivity contribution in [2.75, 3.05) is 16.6 Å². The lowest BCUT2D eigenvalue weighted by Gasteiger charge is -2.17. The monoisotopic (exact) mass is 427 g/mol. The van der Waals surface area contributed by atoms with Crippen LogP contribution in [0.4, 0.5) is 11.4 Å². The molecule has 158 valence electrons.